The Labute approximate surface area is 425 Å². The minimum atomic E-state index is -2.11. The van der Waals surface area contributed by atoms with E-state index in [2.05, 4.69) is 55.7 Å². The quantitative estimate of drug-likeness (QED) is 0.0635. The number of phenols is 1. The summed E-state index contributed by atoms with van der Waals surface area (Å²) in [5.74, 6) is -0.110. The highest BCUT2D eigenvalue weighted by Crippen LogP contribution is 2.45. The van der Waals surface area contributed by atoms with Crippen LogP contribution >= 0.6 is 0 Å². The predicted octanol–water partition coefficient (Wildman–Crippen LogP) is 14.5. The summed E-state index contributed by atoms with van der Waals surface area (Å²) in [6.07, 6.45) is 7.12. The number of aromatic nitrogens is 4. The summed E-state index contributed by atoms with van der Waals surface area (Å²) in [6, 6.07) is 30.1. The number of hydrogen-bond donors (Lipinski definition) is 3. The summed E-state index contributed by atoms with van der Waals surface area (Å²) >= 11 is 0. The molecule has 0 amide bonds. The van der Waals surface area contributed by atoms with E-state index in [0.29, 0.717) is 80.4 Å². The van der Waals surface area contributed by atoms with Crippen molar-refractivity contribution in [2.24, 2.45) is 0 Å². The van der Waals surface area contributed by atoms with Gasteiger partial charge in [0.25, 0.3) is 0 Å². The Kier molecular flexibility index (Phi) is 22.1. The fourth-order valence-corrected chi connectivity index (χ4v) is 15.9. The van der Waals surface area contributed by atoms with Gasteiger partial charge >= 0.3 is 0 Å². The fourth-order valence-electron chi connectivity index (χ4n) is 9.30. The Balaban J connectivity index is 0.000000313. The molecule has 3 N–H and O–H groups in total. The van der Waals surface area contributed by atoms with Crippen molar-refractivity contribution in [1.82, 2.24) is 19.2 Å². The number of halogens is 2. The number of aliphatic hydroxyl groups is 1. The van der Waals surface area contributed by atoms with Gasteiger partial charge in [0.15, 0.2) is 42.8 Å². The summed E-state index contributed by atoms with van der Waals surface area (Å²) in [7, 11) is -2.11. The van der Waals surface area contributed by atoms with E-state index in [9.17, 15) is 23.5 Å². The molecule has 0 spiro atoms. The zero-order chi connectivity index (χ0) is 49.8. The lowest BCUT2D eigenvalue weighted by Gasteiger charge is -2.44. The molecule has 0 saturated heterocycles. The van der Waals surface area contributed by atoms with E-state index in [1.54, 1.807) is 97.5 Å². The van der Waals surface area contributed by atoms with E-state index in [0.717, 1.165) is 16.4 Å². The second-order valence-electron chi connectivity index (χ2n) is 17.2. The van der Waals surface area contributed by atoms with Crippen LogP contribution in [0.1, 0.15) is 121 Å². The largest absolute Gasteiger partial charge is 0.504 e. The number of benzene rings is 4. The van der Waals surface area contributed by atoms with Crippen LogP contribution in [0.5, 0.6) is 23.0 Å². The number of H-pyrrole nitrogens is 1. The third-order valence-corrected chi connectivity index (χ3v) is 18.9. The van der Waals surface area contributed by atoms with Crippen molar-refractivity contribution in [3.8, 4) is 23.0 Å². The maximum Gasteiger partial charge on any atom is 0.199 e. The van der Waals surface area contributed by atoms with Crippen LogP contribution < -0.4 is 14.2 Å². The van der Waals surface area contributed by atoms with Gasteiger partial charge in [-0.1, -0.05) is 112 Å². The molecule has 11 nitrogen and oxygen atoms in total. The Hall–Kier alpha value is -7.16. The highest BCUT2D eigenvalue weighted by Gasteiger charge is 2.46. The van der Waals surface area contributed by atoms with Gasteiger partial charge in [-0.3, -0.25) is 9.59 Å². The van der Waals surface area contributed by atoms with Gasteiger partial charge in [-0.05, 0) is 91.1 Å². The highest BCUT2D eigenvalue weighted by molar-refractivity contribution is 6.82. The number of nitrogens with zero attached hydrogens (tertiary/aromatic N) is 3. The van der Waals surface area contributed by atoms with Crippen molar-refractivity contribution >= 4 is 41.9 Å². The van der Waals surface area contributed by atoms with Crippen LogP contribution in [-0.4, -0.2) is 62.4 Å². The number of aromatic amines is 1. The molecule has 0 fully saturated rings. The molecule has 384 valence electrons. The monoisotopic (exact) mass is 1000 g/mol. The van der Waals surface area contributed by atoms with Crippen molar-refractivity contribution in [2.75, 3.05) is 13.2 Å². The zero-order valence-corrected chi connectivity index (χ0v) is 41.3. The van der Waals surface area contributed by atoms with Crippen LogP contribution in [0.4, 0.5) is 8.78 Å². The topological polar surface area (TPSA) is 149 Å². The number of para-hydroxylation sites is 2. The molecule has 0 saturated carbocycles. The molecular weight excluding hydrogens is 931 g/mol. The smallest absolute Gasteiger partial charge is 0.199 e. The Morgan fingerprint density at radius 3 is 1.72 bits per heavy atom. The summed E-state index contributed by atoms with van der Waals surface area (Å²) in [5, 5.41) is 20.4. The van der Waals surface area contributed by atoms with Crippen molar-refractivity contribution in [3.63, 3.8) is 0 Å². The van der Waals surface area contributed by atoms with E-state index in [-0.39, 0.29) is 70.2 Å². The van der Waals surface area contributed by atoms with Gasteiger partial charge in [-0.25, -0.2) is 18.7 Å². The first-order valence-corrected chi connectivity index (χ1v) is 25.3. The standard InChI is InChI=1S/C25H34N2O3Si.C23H19FN2O3.C7H7FO.3CH4/c1-8-30-24-20(11-9-13-22(24)28)23(29)21-15-27(25-19(21)12-10-14-26-25)31(16(2)3,17(4)5)18(6)7;1-2-28-22-17(21(27)18-13-26-23-16(18)9-6-12-25-23)8-5-11-20(22)29-14-15-7-3-4-10-19(15)24;8-7-4-2-1-3-6(7)5-9;;;/h9-18,28H,8H2,1-7H3;3-13H,2,14H2,1H3,(H,25,26);1-4,9H,5H2;3*1H4. The first-order valence-electron chi connectivity index (χ1n) is 23.1. The molecule has 0 radical (unpaired) electrons. The molecule has 0 aliphatic rings. The highest BCUT2D eigenvalue weighted by atomic mass is 28.3. The number of carbonyl (C=O) groups is 2. The number of ketones is 2. The Morgan fingerprint density at radius 1 is 0.625 bits per heavy atom. The lowest BCUT2D eigenvalue weighted by atomic mass is 10.0. The minimum Gasteiger partial charge on any atom is -0.504 e. The SMILES string of the molecule is C.C.C.CCOc1c(O)cccc1C(=O)c1cn([Si](C(C)C)(C(C)C)C(C)C)c2ncccc12.CCOc1c(OCc2ccccc2F)cccc1C(=O)c1c[nH]c2ncccc12.OCc1ccccc1F. The predicted molar refractivity (Wildman–Crippen MR) is 289 cm³/mol. The van der Waals surface area contributed by atoms with Gasteiger partial charge in [0, 0.05) is 57.8 Å². The number of rotatable bonds is 16. The van der Waals surface area contributed by atoms with Crippen LogP contribution in [0.15, 0.2) is 134 Å². The number of nitrogens with one attached hydrogen (secondary N) is 1. The van der Waals surface area contributed by atoms with E-state index in [1.807, 2.05) is 38.2 Å². The molecule has 0 atom stereocenters. The number of aromatic hydroxyl groups is 1. The molecule has 0 bridgehead atoms. The molecule has 8 rings (SSSR count). The number of fused-ring (bicyclic) bond motifs is 2. The van der Waals surface area contributed by atoms with Gasteiger partial charge < -0.3 is 33.6 Å². The lowest BCUT2D eigenvalue weighted by molar-refractivity contribution is 0.102. The van der Waals surface area contributed by atoms with Crippen molar-refractivity contribution < 1.29 is 42.8 Å². The second kappa shape index (κ2) is 26.9. The summed E-state index contributed by atoms with van der Waals surface area (Å²) in [4.78, 5) is 39.0. The Bertz CT molecular complexity index is 3000. The van der Waals surface area contributed by atoms with E-state index >= 15 is 0 Å². The summed E-state index contributed by atoms with van der Waals surface area (Å²) in [6.45, 7) is 18.0. The lowest BCUT2D eigenvalue weighted by Crippen LogP contribution is -2.51. The van der Waals surface area contributed by atoms with E-state index < -0.39 is 8.24 Å². The first-order chi connectivity index (χ1) is 33.2. The number of phenolic OH excluding ortho intramolecular Hbond substituents is 1. The first kappa shape index (κ1) is 59.1. The third-order valence-electron chi connectivity index (χ3n) is 12.2. The molecule has 4 heterocycles. The molecular formula is C58H72F2N4O7Si. The summed E-state index contributed by atoms with van der Waals surface area (Å²) in [5.41, 5.74) is 5.53. The zero-order valence-electron chi connectivity index (χ0n) is 40.3. The van der Waals surface area contributed by atoms with Gasteiger partial charge in [0.1, 0.15) is 29.5 Å². The van der Waals surface area contributed by atoms with Crippen LogP contribution in [-0.2, 0) is 13.2 Å². The molecule has 0 aliphatic carbocycles. The van der Waals surface area contributed by atoms with Crippen molar-refractivity contribution in [3.05, 3.63) is 179 Å². The van der Waals surface area contributed by atoms with E-state index in [4.69, 9.17) is 24.3 Å². The van der Waals surface area contributed by atoms with Gasteiger partial charge in [0.2, 0.25) is 0 Å². The average Bonchev–Trinajstić information content (AvgIpc) is 3.95. The van der Waals surface area contributed by atoms with Gasteiger partial charge in [-0.2, -0.15) is 0 Å². The second-order valence-corrected chi connectivity index (χ2v) is 22.9. The average molecular weight is 1000 g/mol. The summed E-state index contributed by atoms with van der Waals surface area (Å²) < 4.78 is 45.9. The molecule has 4 aromatic heterocycles. The normalized spacial score (nSPS) is 10.9. The number of ether oxygens (including phenoxy) is 3. The van der Waals surface area contributed by atoms with Crippen LogP contribution in [0.25, 0.3) is 22.1 Å². The third kappa shape index (κ3) is 12.5. The van der Waals surface area contributed by atoms with Gasteiger partial charge in [-0.15, -0.1) is 0 Å². The van der Waals surface area contributed by atoms with Gasteiger partial charge in [0.05, 0.1) is 30.9 Å². The number of hydrogen-bond acceptors (Lipinski definition) is 9. The fraction of sp³-hybridized carbons (Fsp3) is 0.310. The molecule has 0 unspecified atom stereocenters. The van der Waals surface area contributed by atoms with Crippen molar-refractivity contribution in [1.29, 1.82) is 0 Å². The Morgan fingerprint density at radius 2 is 1.15 bits per heavy atom. The van der Waals surface area contributed by atoms with Crippen LogP contribution in [0.2, 0.25) is 16.6 Å². The molecule has 8 aromatic rings. The molecule has 4 aromatic carbocycles. The molecule has 72 heavy (non-hydrogen) atoms. The van der Waals surface area contributed by atoms with Crippen LogP contribution in [0, 0.1) is 11.6 Å². The maximum atomic E-state index is 13.9. The molecule has 14 heteroatoms. The number of pyridine rings is 2. The maximum absolute atomic E-state index is 13.9. The van der Waals surface area contributed by atoms with E-state index in [1.165, 1.54) is 12.1 Å². The minimum absolute atomic E-state index is 0. The van der Waals surface area contributed by atoms with Crippen molar-refractivity contribution in [2.45, 2.75) is 108 Å². The number of aliphatic hydroxyl groups excluding tert-OH is 1. The number of carbonyl (C=O) groups excluding carboxylic acids is 2. The molecule has 0 aliphatic heterocycles. The van der Waals surface area contributed by atoms with Crippen LogP contribution in [0.3, 0.4) is 0 Å².